The molecule has 0 spiro atoms. The summed E-state index contributed by atoms with van der Waals surface area (Å²) in [6.45, 7) is 7.18. The molecule has 24 heteroatoms. The molecule has 0 amide bonds. The molecular formula is C58H60N6O16S2. The highest BCUT2D eigenvalue weighted by atomic mass is 32.2. The number of sulfonamides is 2. The first-order valence-corrected chi connectivity index (χ1v) is 28.6. The van der Waals surface area contributed by atoms with Crippen molar-refractivity contribution in [1.82, 2.24) is 0 Å². The fourth-order valence-electron chi connectivity index (χ4n) is 7.65. The Bertz CT molecular complexity index is 3300. The molecule has 0 radical (unpaired) electrons. The van der Waals surface area contributed by atoms with Crippen molar-refractivity contribution in [3.05, 3.63) is 169 Å². The number of nitrogens with two attached hydrogens (primary N) is 2. The lowest BCUT2D eigenvalue weighted by molar-refractivity contribution is -0.138. The lowest BCUT2D eigenvalue weighted by Crippen LogP contribution is -2.16. The molecule has 0 aliphatic heterocycles. The van der Waals surface area contributed by atoms with Gasteiger partial charge in [0.25, 0.3) is 0 Å². The molecule has 6 aromatic rings. The van der Waals surface area contributed by atoms with E-state index in [4.69, 9.17) is 38.7 Å². The molecule has 6 rings (SSSR count). The van der Waals surface area contributed by atoms with Gasteiger partial charge in [-0.25, -0.2) is 46.3 Å². The van der Waals surface area contributed by atoms with Crippen LogP contribution in [0.3, 0.4) is 0 Å². The van der Waals surface area contributed by atoms with Gasteiger partial charge in [-0.1, -0.05) is 25.3 Å². The van der Waals surface area contributed by atoms with Crippen LogP contribution < -0.4 is 29.2 Å². The molecule has 0 aromatic heterocycles. The van der Waals surface area contributed by atoms with Crippen LogP contribution in [0.15, 0.2) is 177 Å². The van der Waals surface area contributed by atoms with E-state index in [2.05, 4.69) is 33.6 Å². The van der Waals surface area contributed by atoms with Crippen molar-refractivity contribution in [2.24, 2.45) is 30.7 Å². The Labute approximate surface area is 473 Å². The van der Waals surface area contributed by atoms with Gasteiger partial charge in [-0.05, 0) is 161 Å². The van der Waals surface area contributed by atoms with Gasteiger partial charge < -0.3 is 38.6 Å². The van der Waals surface area contributed by atoms with Crippen molar-refractivity contribution in [3.8, 4) is 34.1 Å². The molecule has 22 nitrogen and oxygen atoms in total. The van der Waals surface area contributed by atoms with E-state index >= 15 is 0 Å². The van der Waals surface area contributed by atoms with Gasteiger partial charge in [-0.15, -0.1) is 0 Å². The molecule has 0 atom stereocenters. The first kappa shape index (κ1) is 62.4. The average Bonchev–Trinajstić information content (AvgIpc) is 3.67. The molecule has 6 N–H and O–H groups in total. The Hall–Kier alpha value is -8.78. The zero-order valence-corrected chi connectivity index (χ0v) is 46.0. The Balaban J connectivity index is 1.06. The van der Waals surface area contributed by atoms with Crippen molar-refractivity contribution in [2.45, 2.75) is 74.4 Å². The smallest absolute Gasteiger partial charge is 0.343 e. The number of hydrogen-bond acceptors (Lipinski definition) is 20. The number of aliphatic hydroxyl groups excluding tert-OH is 2. The molecule has 0 aliphatic rings. The van der Waals surface area contributed by atoms with E-state index in [0.29, 0.717) is 37.9 Å². The molecule has 0 saturated heterocycles. The number of esters is 4. The predicted octanol–water partition coefficient (Wildman–Crippen LogP) is 10.2. The number of benzene rings is 6. The molecule has 82 heavy (non-hydrogen) atoms. The minimum absolute atomic E-state index is 0.0157. The van der Waals surface area contributed by atoms with E-state index in [9.17, 15) is 46.2 Å². The summed E-state index contributed by atoms with van der Waals surface area (Å²) in [4.78, 5) is 47.2. The summed E-state index contributed by atoms with van der Waals surface area (Å²) in [7, 11) is -9.13. The molecule has 0 heterocycles. The number of ether oxygens (including phenoxy) is 6. The molecule has 0 unspecified atom stereocenters. The molecular weight excluding hydrogens is 1100 g/mol. The summed E-state index contributed by atoms with van der Waals surface area (Å²) < 4.78 is 84.7. The third-order valence-corrected chi connectivity index (χ3v) is 13.7. The normalized spacial score (nSPS) is 11.5. The maximum Gasteiger partial charge on any atom is 0.343 e. The van der Waals surface area contributed by atoms with Crippen LogP contribution in [0.1, 0.15) is 83.2 Å². The second kappa shape index (κ2) is 30.7. The van der Waals surface area contributed by atoms with Gasteiger partial charge in [0.05, 0.1) is 83.3 Å². The fraction of sp³-hybridized carbons (Fsp3) is 0.241. The number of azo groups is 2. The summed E-state index contributed by atoms with van der Waals surface area (Å²) >= 11 is 0. The van der Waals surface area contributed by atoms with E-state index in [-0.39, 0.29) is 67.6 Å². The van der Waals surface area contributed by atoms with Crippen LogP contribution in [0.2, 0.25) is 0 Å². The number of carbonyl (C=O) groups excluding carboxylic acids is 4. The van der Waals surface area contributed by atoms with Crippen LogP contribution >= 0.6 is 0 Å². The van der Waals surface area contributed by atoms with E-state index in [1.54, 1.807) is 24.3 Å². The monoisotopic (exact) mass is 1160 g/mol. The van der Waals surface area contributed by atoms with Gasteiger partial charge in [-0.3, -0.25) is 0 Å². The molecule has 430 valence electrons. The summed E-state index contributed by atoms with van der Waals surface area (Å²) in [5, 5.41) is 48.1. The Kier molecular flexibility index (Phi) is 23.4. The van der Waals surface area contributed by atoms with Crippen molar-refractivity contribution in [1.29, 1.82) is 0 Å². The first-order valence-electron chi connectivity index (χ1n) is 25.5. The SMILES string of the molecule is C=CC(=O)OCCCCCCOc1ccc(C(=O)Oc2ccc(N=Nc3ccc(-c4ccc(N=Nc5ccc(OC(=O)c6ccc(OCCCCCCOC(=O)C=C)cc6)c(CO)c5)cc4S(N)(=O)=O)c(S(N)(=O)=O)c3)cc2CO)cc1. The van der Waals surface area contributed by atoms with Gasteiger partial charge in [0.2, 0.25) is 20.0 Å². The predicted molar refractivity (Wildman–Crippen MR) is 301 cm³/mol. The maximum atomic E-state index is 13.0. The van der Waals surface area contributed by atoms with Crippen LogP contribution in [0.5, 0.6) is 23.0 Å². The Morgan fingerprint density at radius 2 is 0.780 bits per heavy atom. The second-order valence-electron chi connectivity index (χ2n) is 17.8. The number of rotatable bonds is 31. The number of nitrogens with zero attached hydrogens (tertiary/aromatic N) is 4. The van der Waals surface area contributed by atoms with Crippen LogP contribution in [0, 0.1) is 0 Å². The first-order chi connectivity index (χ1) is 39.4. The third kappa shape index (κ3) is 19.2. The highest BCUT2D eigenvalue weighted by molar-refractivity contribution is 7.89. The molecule has 0 bridgehead atoms. The molecule has 6 aromatic carbocycles. The van der Waals surface area contributed by atoms with E-state index in [1.165, 1.54) is 84.9 Å². The number of aliphatic hydroxyl groups is 2. The van der Waals surface area contributed by atoms with E-state index < -0.39 is 66.9 Å². The van der Waals surface area contributed by atoms with Crippen molar-refractivity contribution >= 4 is 66.7 Å². The third-order valence-electron chi connectivity index (χ3n) is 11.8. The quantitative estimate of drug-likeness (QED) is 0.0103. The van der Waals surface area contributed by atoms with Crippen LogP contribution in [-0.4, -0.2) is 77.4 Å². The fourth-order valence-corrected chi connectivity index (χ4v) is 9.19. The highest BCUT2D eigenvalue weighted by Crippen LogP contribution is 2.37. The summed E-state index contributed by atoms with van der Waals surface area (Å²) in [6, 6.07) is 28.6. The van der Waals surface area contributed by atoms with Crippen LogP contribution in [0.25, 0.3) is 11.1 Å². The molecule has 0 aliphatic carbocycles. The number of unbranched alkanes of at least 4 members (excludes halogenated alkanes) is 6. The number of hydrogen-bond donors (Lipinski definition) is 4. The van der Waals surface area contributed by atoms with Gasteiger partial charge in [0.15, 0.2) is 0 Å². The summed E-state index contributed by atoms with van der Waals surface area (Å²) in [6.07, 6.45) is 8.73. The van der Waals surface area contributed by atoms with Gasteiger partial charge in [0.1, 0.15) is 23.0 Å². The van der Waals surface area contributed by atoms with Gasteiger partial charge in [0, 0.05) is 34.4 Å². The minimum atomic E-state index is -4.57. The lowest BCUT2D eigenvalue weighted by Gasteiger charge is -2.13. The lowest BCUT2D eigenvalue weighted by atomic mass is 10.0. The zero-order chi connectivity index (χ0) is 59.1. The highest BCUT2D eigenvalue weighted by Gasteiger charge is 2.24. The van der Waals surface area contributed by atoms with Crippen molar-refractivity contribution in [2.75, 3.05) is 26.4 Å². The largest absolute Gasteiger partial charge is 0.494 e. The van der Waals surface area contributed by atoms with E-state index in [1.807, 2.05) is 0 Å². The standard InChI is InChI=1S/C58H60N6O16S2/c1-3-55(67)77-31-11-7-5-9-29-75-47-21-13-39(14-22-47)57(69)79-51-27-19-43(33-41(51)37-65)61-63-45-17-25-49(53(35-45)81(59,71)72)50-26-18-46(36-54(50)82(60,73)74)64-62-44-20-28-52(42(34-44)38-66)80-58(70)40-15-23-48(24-16-40)76-30-10-6-8-12-32-78-56(68)4-2/h3-4,13-28,33-36,65-66H,1-2,5-12,29-32,37-38H2,(H2,59,71,72)(H2,60,73,74). The van der Waals surface area contributed by atoms with Crippen molar-refractivity contribution < 1.29 is 74.6 Å². The molecule has 0 fully saturated rings. The molecule has 0 saturated carbocycles. The van der Waals surface area contributed by atoms with Crippen LogP contribution in [-0.2, 0) is 52.3 Å². The van der Waals surface area contributed by atoms with Crippen molar-refractivity contribution in [3.63, 3.8) is 0 Å². The Morgan fingerprint density at radius 1 is 0.451 bits per heavy atom. The number of primary sulfonamides is 2. The maximum absolute atomic E-state index is 13.0. The number of carbonyl (C=O) groups is 4. The van der Waals surface area contributed by atoms with Gasteiger partial charge >= 0.3 is 23.9 Å². The minimum Gasteiger partial charge on any atom is -0.494 e. The van der Waals surface area contributed by atoms with Gasteiger partial charge in [-0.2, -0.15) is 20.5 Å². The second-order valence-corrected chi connectivity index (χ2v) is 20.9. The topological polar surface area (TPSA) is 334 Å². The zero-order valence-electron chi connectivity index (χ0n) is 44.4. The Morgan fingerprint density at radius 3 is 1.11 bits per heavy atom. The van der Waals surface area contributed by atoms with E-state index in [0.717, 1.165) is 75.7 Å². The summed E-state index contributed by atoms with van der Waals surface area (Å²) in [5.74, 6) is -1.11. The summed E-state index contributed by atoms with van der Waals surface area (Å²) in [5.41, 5.74) is 0.847. The average molecular weight is 1160 g/mol. The van der Waals surface area contributed by atoms with Crippen LogP contribution in [0.4, 0.5) is 22.7 Å².